The van der Waals surface area contributed by atoms with Crippen molar-refractivity contribution in [2.75, 3.05) is 6.61 Å². The molecule has 0 unspecified atom stereocenters. The number of quaternary nitrogens is 3. The van der Waals surface area contributed by atoms with Crippen molar-refractivity contribution < 1.29 is 54.9 Å². The van der Waals surface area contributed by atoms with E-state index < -0.39 is 42.0 Å². The van der Waals surface area contributed by atoms with Crippen LogP contribution < -0.4 is 32.7 Å². The van der Waals surface area contributed by atoms with Crippen LogP contribution in [0.15, 0.2) is 0 Å². The molecular formula is C19H41N3O10. The Hall–Kier alpha value is -1.87. The molecule has 0 radical (unpaired) electrons. The minimum absolute atomic E-state index is 0. The molecule has 12 N–H and O–H groups in total. The molecule has 1 aliphatic rings. The van der Waals surface area contributed by atoms with Crippen LogP contribution in [0.1, 0.15) is 67.2 Å². The molecule has 0 saturated carbocycles. The van der Waals surface area contributed by atoms with Gasteiger partial charge >= 0.3 is 0 Å². The number of hydrogen-bond donors (Lipinski definition) is 6. The molecule has 0 spiro atoms. The van der Waals surface area contributed by atoms with E-state index in [1.54, 1.807) is 13.8 Å². The molecule has 0 aromatic rings. The third-order valence-corrected chi connectivity index (χ3v) is 4.54. The molecule has 0 atom stereocenters. The average molecular weight is 472 g/mol. The van der Waals surface area contributed by atoms with E-state index in [0.29, 0.717) is 6.61 Å². The highest BCUT2D eigenvalue weighted by Gasteiger charge is 2.51. The largest absolute Gasteiger partial charge is 0.550 e. The number of aliphatic carboxylic acids is 3. The van der Waals surface area contributed by atoms with Crippen LogP contribution >= 0.6 is 0 Å². The normalized spacial score (nSPS) is 21.7. The first-order valence-electron chi connectivity index (χ1n) is 9.46. The zero-order valence-corrected chi connectivity index (χ0v) is 20.3. The molecular weight excluding hydrogens is 430 g/mol. The fraction of sp³-hybridized carbons (Fsp3) is 0.842. The van der Waals surface area contributed by atoms with Gasteiger partial charge in [-0.05, 0) is 41.5 Å². The van der Waals surface area contributed by atoms with Crippen LogP contribution in [-0.4, -0.2) is 68.2 Å². The van der Waals surface area contributed by atoms with Gasteiger partial charge in [0, 0.05) is 37.6 Å². The zero-order valence-electron chi connectivity index (χ0n) is 20.3. The third kappa shape index (κ3) is 11.7. The van der Waals surface area contributed by atoms with Crippen molar-refractivity contribution >= 4 is 17.9 Å². The molecule has 13 heteroatoms. The first-order chi connectivity index (χ1) is 13.2. The molecule has 1 aliphatic heterocycles. The summed E-state index contributed by atoms with van der Waals surface area (Å²) in [6.07, 6.45) is -1.54. The summed E-state index contributed by atoms with van der Waals surface area (Å²) in [5, 5.41) is 59.6. The Kier molecular flexibility index (Phi) is 13.5. The van der Waals surface area contributed by atoms with Crippen molar-refractivity contribution in [2.45, 2.75) is 95.6 Å². The van der Waals surface area contributed by atoms with Gasteiger partial charge in [-0.25, -0.2) is 4.84 Å². The number of aliphatic hydroxyl groups excluding tert-OH is 1. The molecule has 0 aromatic heterocycles. The van der Waals surface area contributed by atoms with E-state index in [9.17, 15) is 39.9 Å². The minimum Gasteiger partial charge on any atom is -0.550 e. The number of carboxylic acid groups (broad SMARTS) is 3. The first-order valence-corrected chi connectivity index (χ1v) is 9.46. The zero-order chi connectivity index (χ0) is 24.1. The number of aliphatic hydroxyl groups is 3. The molecule has 13 nitrogen and oxygen atoms in total. The lowest BCUT2D eigenvalue weighted by Crippen LogP contribution is -3.26. The van der Waals surface area contributed by atoms with Gasteiger partial charge in [0.15, 0.2) is 0 Å². The van der Waals surface area contributed by atoms with Crippen LogP contribution in [0.3, 0.4) is 0 Å². The van der Waals surface area contributed by atoms with Gasteiger partial charge in [-0.1, -0.05) is 0 Å². The smallest absolute Gasteiger partial charge is 0.134 e. The van der Waals surface area contributed by atoms with Crippen LogP contribution in [-0.2, 0) is 19.2 Å². The Labute approximate surface area is 188 Å². The molecule has 0 aliphatic carbocycles. The van der Waals surface area contributed by atoms with Crippen LogP contribution in [0.25, 0.3) is 0 Å². The maximum Gasteiger partial charge on any atom is 0.134 e. The van der Waals surface area contributed by atoms with Gasteiger partial charge < -0.3 is 57.3 Å². The number of hydroxylamine groups is 2. The van der Waals surface area contributed by atoms with Crippen molar-refractivity contribution in [3.63, 3.8) is 0 Å². The molecule has 32 heavy (non-hydrogen) atoms. The molecule has 0 bridgehead atoms. The number of carbonyl (C=O) groups is 3. The maximum absolute atomic E-state index is 10.1. The lowest BCUT2D eigenvalue weighted by Gasteiger charge is -2.48. The number of piperidine rings is 1. The molecule has 0 amide bonds. The van der Waals surface area contributed by atoms with Gasteiger partial charge in [-0.2, -0.15) is 5.06 Å². The molecule has 1 saturated heterocycles. The third-order valence-electron chi connectivity index (χ3n) is 4.54. The summed E-state index contributed by atoms with van der Waals surface area (Å²) in [6.45, 7) is 12.2. The summed E-state index contributed by atoms with van der Waals surface area (Å²) in [7, 11) is 0. The van der Waals surface area contributed by atoms with Crippen molar-refractivity contribution in [3.8, 4) is 0 Å². The van der Waals surface area contributed by atoms with E-state index in [1.165, 1.54) is 0 Å². The Morgan fingerprint density at radius 1 is 0.938 bits per heavy atom. The van der Waals surface area contributed by atoms with Crippen molar-refractivity contribution in [3.05, 3.63) is 0 Å². The van der Waals surface area contributed by atoms with E-state index in [0.717, 1.165) is 17.9 Å². The van der Waals surface area contributed by atoms with Gasteiger partial charge in [0.1, 0.15) is 23.3 Å². The van der Waals surface area contributed by atoms with Gasteiger partial charge in [-0.15, -0.1) is 0 Å². The predicted molar refractivity (Wildman–Crippen MR) is 108 cm³/mol. The SMILES string of the molecule is CC(C)(O)CO[NH+]1C(C)(C)CC(O)CC1(C)C.O=C([O-])CC(O)(CC(=O)[O-])C(=O)[O-].[NH4+].[NH4+]. The Morgan fingerprint density at radius 2 is 1.28 bits per heavy atom. The molecule has 192 valence electrons. The van der Waals surface area contributed by atoms with Gasteiger partial charge in [0.25, 0.3) is 0 Å². The molecule has 1 rings (SSSR count). The maximum atomic E-state index is 10.1. The van der Waals surface area contributed by atoms with Crippen molar-refractivity contribution in [1.82, 2.24) is 12.3 Å². The van der Waals surface area contributed by atoms with Gasteiger partial charge in [0.2, 0.25) is 0 Å². The molecule has 0 aromatic carbocycles. The number of nitrogens with one attached hydrogen (secondary N) is 1. The van der Waals surface area contributed by atoms with Gasteiger partial charge in [-0.3, -0.25) is 0 Å². The fourth-order valence-electron chi connectivity index (χ4n) is 3.68. The number of carbonyl (C=O) groups excluding carboxylic acids is 3. The lowest BCUT2D eigenvalue weighted by atomic mass is 9.80. The van der Waals surface area contributed by atoms with Crippen LogP contribution in [0.5, 0.6) is 0 Å². The second-order valence-electron chi connectivity index (χ2n) is 9.68. The summed E-state index contributed by atoms with van der Waals surface area (Å²) < 4.78 is 0. The standard InChI is InChI=1S/C13H27NO3.C6H8O7.2H3N/c1-11(2)7-10(15)8-12(3,4)14(11)17-9-13(5,6)16;7-3(8)1-6(13,5(11)12)2-4(9)10;;/h10,15-16H,7-9H2,1-6H3;13H,1-2H2,(H,7,8)(H,9,10)(H,11,12);2*1H3. The van der Waals surface area contributed by atoms with E-state index >= 15 is 0 Å². The van der Waals surface area contributed by atoms with E-state index in [-0.39, 0.29) is 29.5 Å². The fourth-order valence-corrected chi connectivity index (χ4v) is 3.68. The Morgan fingerprint density at radius 3 is 1.53 bits per heavy atom. The quantitative estimate of drug-likeness (QED) is 0.198. The summed E-state index contributed by atoms with van der Waals surface area (Å²) >= 11 is 0. The predicted octanol–water partition coefficient (Wildman–Crippen LogP) is -4.21. The minimum atomic E-state index is -2.97. The second-order valence-corrected chi connectivity index (χ2v) is 9.68. The van der Waals surface area contributed by atoms with Gasteiger partial charge in [0.05, 0.1) is 17.7 Å². The monoisotopic (exact) mass is 471 g/mol. The highest BCUT2D eigenvalue weighted by molar-refractivity contribution is 5.86. The lowest BCUT2D eigenvalue weighted by molar-refractivity contribution is -1.17. The topological polar surface area (TPSA) is 268 Å². The average Bonchev–Trinajstić information content (AvgIpc) is 2.41. The summed E-state index contributed by atoms with van der Waals surface area (Å²) in [5.41, 5.74) is -4.09. The number of rotatable bonds is 8. The van der Waals surface area contributed by atoms with Crippen LogP contribution in [0.4, 0.5) is 0 Å². The molecule has 1 fully saturated rings. The summed E-state index contributed by atoms with van der Waals surface area (Å²) in [4.78, 5) is 35.9. The highest BCUT2D eigenvalue weighted by atomic mass is 16.7. The highest BCUT2D eigenvalue weighted by Crippen LogP contribution is 2.24. The van der Waals surface area contributed by atoms with Crippen molar-refractivity contribution in [2.24, 2.45) is 0 Å². The number of carboxylic acids is 3. The summed E-state index contributed by atoms with van der Waals surface area (Å²) in [5.74, 6) is -5.98. The summed E-state index contributed by atoms with van der Waals surface area (Å²) in [6, 6.07) is 0. The van der Waals surface area contributed by atoms with E-state index in [4.69, 9.17) is 9.94 Å². The number of hydrogen-bond acceptors (Lipinski definition) is 10. The van der Waals surface area contributed by atoms with Crippen molar-refractivity contribution in [1.29, 1.82) is 0 Å². The van der Waals surface area contributed by atoms with E-state index in [1.807, 2.05) is 0 Å². The first kappa shape index (κ1) is 34.7. The molecule has 1 heterocycles. The van der Waals surface area contributed by atoms with Crippen LogP contribution in [0, 0.1) is 0 Å². The Bertz CT molecular complexity index is 597. The Balaban J connectivity index is -0.000000512. The van der Waals surface area contributed by atoms with E-state index in [2.05, 4.69) is 27.7 Å². The second kappa shape index (κ2) is 12.4. The van der Waals surface area contributed by atoms with Crippen LogP contribution in [0.2, 0.25) is 0 Å².